The van der Waals surface area contributed by atoms with Crippen LogP contribution in [0.25, 0.3) is 0 Å². The van der Waals surface area contributed by atoms with Gasteiger partial charge in [0.25, 0.3) is 0 Å². The van der Waals surface area contributed by atoms with Gasteiger partial charge in [-0.05, 0) is 24.1 Å². The summed E-state index contributed by atoms with van der Waals surface area (Å²) in [6.07, 6.45) is -3.94. The monoisotopic (exact) mass is 283 g/mol. The summed E-state index contributed by atoms with van der Waals surface area (Å²) in [5.41, 5.74) is 0.381. The Bertz CT molecular complexity index is 636. The Kier molecular flexibility index (Phi) is 2.92. The highest BCUT2D eigenvalue weighted by atomic mass is 19.4. The molecule has 1 aromatic carbocycles. The summed E-state index contributed by atoms with van der Waals surface area (Å²) in [6.45, 7) is 2.52. The van der Waals surface area contributed by atoms with Crippen molar-refractivity contribution in [2.75, 3.05) is 11.4 Å². The van der Waals surface area contributed by atoms with Gasteiger partial charge in [0, 0.05) is 19.2 Å². The third kappa shape index (κ3) is 2.23. The predicted octanol–water partition coefficient (Wildman–Crippen LogP) is 2.96. The van der Waals surface area contributed by atoms with Gasteiger partial charge in [-0.15, -0.1) is 10.2 Å². The highest BCUT2D eigenvalue weighted by molar-refractivity contribution is 5.61. The van der Waals surface area contributed by atoms with E-state index in [0.717, 1.165) is 6.07 Å². The quantitative estimate of drug-likeness (QED) is 0.849. The molecule has 2 aromatic rings. The maximum Gasteiger partial charge on any atom is 0.416 e. The Balaban J connectivity index is 1.91. The molecule has 0 radical (unpaired) electrons. The van der Waals surface area contributed by atoms with Crippen molar-refractivity contribution in [1.82, 2.24) is 10.2 Å². The van der Waals surface area contributed by atoms with E-state index >= 15 is 0 Å². The smallest absolute Gasteiger partial charge is 0.416 e. The number of fused-ring (bicyclic) bond motifs is 1. The standard InChI is InChI=1S/C13H12F3N3O/c1-8-17-18-12(20-8)7-19-6-5-9-10(13(14,15)16)3-2-4-11(9)19/h2-4H,5-7H2,1H3. The fraction of sp³-hybridized carbons (Fsp3) is 0.385. The minimum Gasteiger partial charge on any atom is -0.424 e. The molecule has 0 atom stereocenters. The van der Waals surface area contributed by atoms with E-state index in [1.165, 1.54) is 6.07 Å². The largest absolute Gasteiger partial charge is 0.424 e. The Hall–Kier alpha value is -2.05. The number of aromatic nitrogens is 2. The zero-order valence-electron chi connectivity index (χ0n) is 10.7. The molecule has 0 N–H and O–H groups in total. The Labute approximate surface area is 113 Å². The van der Waals surface area contributed by atoms with Crippen LogP contribution in [0.1, 0.15) is 22.9 Å². The van der Waals surface area contributed by atoms with Crippen molar-refractivity contribution in [3.8, 4) is 0 Å². The van der Waals surface area contributed by atoms with Gasteiger partial charge in [0.05, 0.1) is 12.1 Å². The SMILES string of the molecule is Cc1nnc(CN2CCc3c2cccc3C(F)(F)F)o1. The zero-order valence-corrected chi connectivity index (χ0v) is 10.7. The number of alkyl halides is 3. The highest BCUT2D eigenvalue weighted by Crippen LogP contribution is 2.39. The summed E-state index contributed by atoms with van der Waals surface area (Å²) in [5.74, 6) is 0.858. The molecule has 7 heteroatoms. The van der Waals surface area contributed by atoms with E-state index in [1.54, 1.807) is 13.0 Å². The first kappa shape index (κ1) is 13.0. The lowest BCUT2D eigenvalue weighted by Crippen LogP contribution is -2.19. The molecule has 2 heterocycles. The van der Waals surface area contributed by atoms with Crippen molar-refractivity contribution in [3.05, 3.63) is 41.1 Å². The molecule has 4 nitrogen and oxygen atoms in total. The van der Waals surface area contributed by atoms with Crippen LogP contribution in [-0.4, -0.2) is 16.7 Å². The molecule has 0 bridgehead atoms. The normalized spacial score (nSPS) is 14.7. The number of anilines is 1. The second-order valence-corrected chi connectivity index (χ2v) is 4.69. The number of rotatable bonds is 2. The molecular weight excluding hydrogens is 271 g/mol. The summed E-state index contributed by atoms with van der Waals surface area (Å²) in [6, 6.07) is 4.25. The molecule has 0 amide bonds. The van der Waals surface area contributed by atoms with Crippen molar-refractivity contribution in [2.24, 2.45) is 0 Å². The number of nitrogens with zero attached hydrogens (tertiary/aromatic N) is 3. The lowest BCUT2D eigenvalue weighted by Gasteiger charge is -2.18. The van der Waals surface area contributed by atoms with E-state index < -0.39 is 11.7 Å². The van der Waals surface area contributed by atoms with Gasteiger partial charge in [0.15, 0.2) is 0 Å². The summed E-state index contributed by atoms with van der Waals surface area (Å²) in [5, 5.41) is 7.59. The van der Waals surface area contributed by atoms with E-state index in [1.807, 2.05) is 4.90 Å². The molecular formula is C13H12F3N3O. The number of hydrogen-bond acceptors (Lipinski definition) is 4. The molecule has 0 spiro atoms. The van der Waals surface area contributed by atoms with Crippen molar-refractivity contribution < 1.29 is 17.6 Å². The third-order valence-corrected chi connectivity index (χ3v) is 3.32. The molecule has 0 unspecified atom stereocenters. The van der Waals surface area contributed by atoms with Crippen LogP contribution < -0.4 is 4.90 Å². The zero-order chi connectivity index (χ0) is 14.3. The molecule has 1 aromatic heterocycles. The van der Waals surface area contributed by atoms with Crippen LogP contribution in [0.15, 0.2) is 22.6 Å². The van der Waals surface area contributed by atoms with Crippen LogP contribution >= 0.6 is 0 Å². The molecule has 3 rings (SSSR count). The average Bonchev–Trinajstić information content (AvgIpc) is 2.96. The average molecular weight is 283 g/mol. The van der Waals surface area contributed by atoms with Gasteiger partial charge in [-0.2, -0.15) is 13.2 Å². The van der Waals surface area contributed by atoms with Crippen LogP contribution in [-0.2, 0) is 19.1 Å². The summed E-state index contributed by atoms with van der Waals surface area (Å²) in [7, 11) is 0. The van der Waals surface area contributed by atoms with Gasteiger partial charge in [-0.3, -0.25) is 0 Å². The highest BCUT2D eigenvalue weighted by Gasteiger charge is 2.36. The Morgan fingerprint density at radius 2 is 2.10 bits per heavy atom. The van der Waals surface area contributed by atoms with Gasteiger partial charge in [0.1, 0.15) is 0 Å². The summed E-state index contributed by atoms with van der Waals surface area (Å²) >= 11 is 0. The minimum atomic E-state index is -4.32. The first-order valence-corrected chi connectivity index (χ1v) is 6.18. The maximum absolute atomic E-state index is 12.9. The number of halogens is 3. The van der Waals surface area contributed by atoms with Crippen LogP contribution in [0.5, 0.6) is 0 Å². The van der Waals surface area contributed by atoms with E-state index in [-0.39, 0.29) is 0 Å². The lowest BCUT2D eigenvalue weighted by atomic mass is 10.0. The maximum atomic E-state index is 12.9. The summed E-state index contributed by atoms with van der Waals surface area (Å²) < 4.78 is 44.1. The molecule has 0 fully saturated rings. The van der Waals surface area contributed by atoms with Gasteiger partial charge < -0.3 is 9.32 Å². The number of hydrogen-bond donors (Lipinski definition) is 0. The van der Waals surface area contributed by atoms with Gasteiger partial charge in [0.2, 0.25) is 11.8 Å². The van der Waals surface area contributed by atoms with Crippen molar-refractivity contribution >= 4 is 5.69 Å². The van der Waals surface area contributed by atoms with E-state index in [9.17, 15) is 13.2 Å². The van der Waals surface area contributed by atoms with Crippen molar-refractivity contribution in [1.29, 1.82) is 0 Å². The molecule has 0 saturated heterocycles. The van der Waals surface area contributed by atoms with Gasteiger partial charge in [-0.1, -0.05) is 6.07 Å². The van der Waals surface area contributed by atoms with E-state index in [4.69, 9.17) is 4.42 Å². The lowest BCUT2D eigenvalue weighted by molar-refractivity contribution is -0.138. The van der Waals surface area contributed by atoms with Crippen molar-refractivity contribution in [3.63, 3.8) is 0 Å². The van der Waals surface area contributed by atoms with Crippen LogP contribution in [0.2, 0.25) is 0 Å². The Morgan fingerprint density at radius 3 is 2.75 bits per heavy atom. The predicted molar refractivity (Wildman–Crippen MR) is 65.2 cm³/mol. The second-order valence-electron chi connectivity index (χ2n) is 4.69. The number of aryl methyl sites for hydroxylation is 1. The molecule has 1 aliphatic heterocycles. The third-order valence-electron chi connectivity index (χ3n) is 3.32. The van der Waals surface area contributed by atoms with E-state index in [0.29, 0.717) is 42.5 Å². The first-order valence-electron chi connectivity index (χ1n) is 6.18. The van der Waals surface area contributed by atoms with Crippen LogP contribution in [0.3, 0.4) is 0 Å². The first-order chi connectivity index (χ1) is 9.45. The van der Waals surface area contributed by atoms with E-state index in [2.05, 4.69) is 10.2 Å². The molecule has 20 heavy (non-hydrogen) atoms. The second kappa shape index (κ2) is 4.50. The fourth-order valence-electron chi connectivity index (χ4n) is 2.50. The van der Waals surface area contributed by atoms with Gasteiger partial charge in [-0.25, -0.2) is 0 Å². The van der Waals surface area contributed by atoms with Gasteiger partial charge >= 0.3 is 6.18 Å². The molecule has 0 saturated carbocycles. The summed E-state index contributed by atoms with van der Waals surface area (Å²) in [4.78, 5) is 1.83. The molecule has 1 aliphatic rings. The topological polar surface area (TPSA) is 42.2 Å². The number of benzene rings is 1. The van der Waals surface area contributed by atoms with Crippen LogP contribution in [0.4, 0.5) is 18.9 Å². The molecule has 0 aliphatic carbocycles. The minimum absolute atomic E-state index is 0.329. The Morgan fingerprint density at radius 1 is 1.30 bits per heavy atom. The van der Waals surface area contributed by atoms with Crippen LogP contribution in [0, 0.1) is 6.92 Å². The fourth-order valence-corrected chi connectivity index (χ4v) is 2.50. The molecule has 106 valence electrons. The van der Waals surface area contributed by atoms with Crippen molar-refractivity contribution in [2.45, 2.75) is 26.1 Å².